The first-order valence-electron chi connectivity index (χ1n) is 7.19. The number of benzene rings is 1. The lowest BCUT2D eigenvalue weighted by molar-refractivity contribution is 0.0922. The average molecular weight is 313 g/mol. The van der Waals surface area contributed by atoms with Gasteiger partial charge < -0.3 is 19.9 Å². The van der Waals surface area contributed by atoms with E-state index in [9.17, 15) is 9.90 Å². The molecule has 0 aliphatic carbocycles. The van der Waals surface area contributed by atoms with Crippen LogP contribution in [0.3, 0.4) is 0 Å². The molecule has 1 aromatic heterocycles. The number of hydrogen-bond acceptors (Lipinski definition) is 4. The third-order valence-corrected chi connectivity index (χ3v) is 2.95. The number of carbonyl (C=O) groups is 1. The van der Waals surface area contributed by atoms with Crippen molar-refractivity contribution in [3.8, 4) is 11.8 Å². The Hall–Kier alpha value is -2.55. The van der Waals surface area contributed by atoms with Crippen LogP contribution in [0.5, 0.6) is 0 Å². The smallest absolute Gasteiger partial charge is 0.287 e. The summed E-state index contributed by atoms with van der Waals surface area (Å²) in [5.41, 5.74) is 0.560. The molecule has 0 saturated heterocycles. The zero-order chi connectivity index (χ0) is 16.9. The SMILES string of the molecule is CC(C)(O)C#Cc1ccc(C(=O)NCc2cccc(CO)c2)o1. The molecular formula is C18H19NO4. The molecule has 3 N–H and O–H groups in total. The van der Waals surface area contributed by atoms with E-state index in [1.54, 1.807) is 19.9 Å². The van der Waals surface area contributed by atoms with Gasteiger partial charge in [0, 0.05) is 6.54 Å². The predicted octanol–water partition coefficient (Wildman–Crippen LogP) is 1.82. The maximum atomic E-state index is 12.0. The van der Waals surface area contributed by atoms with Crippen LogP contribution in [0.25, 0.3) is 0 Å². The van der Waals surface area contributed by atoms with E-state index in [-0.39, 0.29) is 18.3 Å². The van der Waals surface area contributed by atoms with E-state index in [2.05, 4.69) is 17.2 Å². The van der Waals surface area contributed by atoms with Gasteiger partial charge in [0.05, 0.1) is 6.61 Å². The molecule has 0 aliphatic heterocycles. The van der Waals surface area contributed by atoms with Crippen LogP contribution in [0, 0.1) is 11.8 Å². The van der Waals surface area contributed by atoms with Crippen LogP contribution < -0.4 is 5.32 Å². The van der Waals surface area contributed by atoms with E-state index < -0.39 is 5.60 Å². The van der Waals surface area contributed by atoms with Gasteiger partial charge in [-0.25, -0.2) is 0 Å². The third-order valence-electron chi connectivity index (χ3n) is 2.95. The fraction of sp³-hybridized carbons (Fsp3) is 0.278. The molecule has 2 rings (SSSR count). The summed E-state index contributed by atoms with van der Waals surface area (Å²) in [6.45, 7) is 3.43. The third kappa shape index (κ3) is 5.29. The maximum absolute atomic E-state index is 12.0. The number of carbonyl (C=O) groups excluding carboxylic acids is 1. The molecular weight excluding hydrogens is 294 g/mol. The van der Waals surface area contributed by atoms with Gasteiger partial charge in [-0.3, -0.25) is 4.79 Å². The molecule has 0 bridgehead atoms. The van der Waals surface area contributed by atoms with Crippen molar-refractivity contribution in [3.63, 3.8) is 0 Å². The van der Waals surface area contributed by atoms with Gasteiger partial charge in [-0.1, -0.05) is 30.2 Å². The summed E-state index contributed by atoms with van der Waals surface area (Å²) < 4.78 is 5.34. The first-order valence-corrected chi connectivity index (χ1v) is 7.19. The van der Waals surface area contributed by atoms with E-state index in [0.717, 1.165) is 11.1 Å². The molecule has 0 aliphatic rings. The van der Waals surface area contributed by atoms with Crippen molar-refractivity contribution in [3.05, 3.63) is 59.0 Å². The van der Waals surface area contributed by atoms with Crippen molar-refractivity contribution in [1.29, 1.82) is 0 Å². The van der Waals surface area contributed by atoms with Crippen LogP contribution in [-0.2, 0) is 13.2 Å². The second kappa shape index (κ2) is 7.14. The van der Waals surface area contributed by atoms with Gasteiger partial charge in [0.2, 0.25) is 0 Å². The van der Waals surface area contributed by atoms with Crippen molar-refractivity contribution in [1.82, 2.24) is 5.32 Å². The summed E-state index contributed by atoms with van der Waals surface area (Å²) in [6.07, 6.45) is 0. The highest BCUT2D eigenvalue weighted by atomic mass is 16.3. The van der Waals surface area contributed by atoms with Crippen LogP contribution in [0.4, 0.5) is 0 Å². The quantitative estimate of drug-likeness (QED) is 0.752. The van der Waals surface area contributed by atoms with Crippen molar-refractivity contribution < 1.29 is 19.4 Å². The van der Waals surface area contributed by atoms with E-state index in [1.165, 1.54) is 6.07 Å². The topological polar surface area (TPSA) is 82.7 Å². The van der Waals surface area contributed by atoms with Crippen LogP contribution in [0.1, 0.15) is 41.3 Å². The Bertz CT molecular complexity index is 744. The summed E-state index contributed by atoms with van der Waals surface area (Å²) in [6, 6.07) is 10.4. The summed E-state index contributed by atoms with van der Waals surface area (Å²) in [7, 11) is 0. The van der Waals surface area contributed by atoms with Crippen molar-refractivity contribution in [2.24, 2.45) is 0 Å². The highest BCUT2D eigenvalue weighted by Crippen LogP contribution is 2.09. The van der Waals surface area contributed by atoms with E-state index >= 15 is 0 Å². The molecule has 0 radical (unpaired) electrons. The fourth-order valence-electron chi connectivity index (χ4n) is 1.85. The van der Waals surface area contributed by atoms with Gasteiger partial charge in [-0.15, -0.1) is 0 Å². The van der Waals surface area contributed by atoms with Gasteiger partial charge in [-0.2, -0.15) is 0 Å². The molecule has 0 saturated carbocycles. The molecule has 1 amide bonds. The van der Waals surface area contributed by atoms with Crippen LogP contribution in [0.15, 0.2) is 40.8 Å². The van der Waals surface area contributed by atoms with E-state index in [1.807, 2.05) is 24.3 Å². The Balaban J connectivity index is 1.98. The normalized spacial score (nSPS) is 10.8. The van der Waals surface area contributed by atoms with E-state index in [4.69, 9.17) is 9.52 Å². The number of nitrogens with one attached hydrogen (secondary N) is 1. The Labute approximate surface area is 135 Å². The van der Waals surface area contributed by atoms with Crippen molar-refractivity contribution in [2.75, 3.05) is 0 Å². The number of aliphatic hydroxyl groups excluding tert-OH is 1. The molecule has 1 aromatic carbocycles. The molecule has 0 unspecified atom stereocenters. The largest absolute Gasteiger partial charge is 0.443 e. The summed E-state index contributed by atoms with van der Waals surface area (Å²) in [4.78, 5) is 12.0. The van der Waals surface area contributed by atoms with Crippen molar-refractivity contribution >= 4 is 5.91 Å². The zero-order valence-electron chi connectivity index (χ0n) is 13.1. The molecule has 1 heterocycles. The number of rotatable bonds is 4. The van der Waals surface area contributed by atoms with Crippen LogP contribution in [-0.4, -0.2) is 21.7 Å². The van der Waals surface area contributed by atoms with Crippen LogP contribution in [0.2, 0.25) is 0 Å². The Morgan fingerprint density at radius 1 is 1.26 bits per heavy atom. The first-order chi connectivity index (χ1) is 10.9. The molecule has 120 valence electrons. The number of furan rings is 1. The minimum atomic E-state index is -1.12. The number of aliphatic hydroxyl groups is 2. The van der Waals surface area contributed by atoms with Gasteiger partial charge in [0.25, 0.3) is 5.91 Å². The Kier molecular flexibility index (Phi) is 5.22. The lowest BCUT2D eigenvalue weighted by Crippen LogP contribution is -2.22. The maximum Gasteiger partial charge on any atom is 0.287 e. The Morgan fingerprint density at radius 2 is 2.00 bits per heavy atom. The highest BCUT2D eigenvalue weighted by molar-refractivity contribution is 5.91. The lowest BCUT2D eigenvalue weighted by Gasteiger charge is -2.05. The first kappa shape index (κ1) is 16.8. The van der Waals surface area contributed by atoms with Crippen molar-refractivity contribution in [2.45, 2.75) is 32.6 Å². The number of amides is 1. The van der Waals surface area contributed by atoms with E-state index in [0.29, 0.717) is 12.3 Å². The summed E-state index contributed by atoms with van der Waals surface area (Å²) >= 11 is 0. The fourth-order valence-corrected chi connectivity index (χ4v) is 1.85. The van der Waals surface area contributed by atoms with Gasteiger partial charge in [-0.05, 0) is 43.0 Å². The number of hydrogen-bond donors (Lipinski definition) is 3. The monoisotopic (exact) mass is 313 g/mol. The van der Waals surface area contributed by atoms with Gasteiger partial charge >= 0.3 is 0 Å². The minimum absolute atomic E-state index is 0.0385. The second-order valence-electron chi connectivity index (χ2n) is 5.63. The van der Waals surface area contributed by atoms with Gasteiger partial charge in [0.1, 0.15) is 5.60 Å². The molecule has 5 heteroatoms. The van der Waals surface area contributed by atoms with Crippen LogP contribution >= 0.6 is 0 Å². The molecule has 0 atom stereocenters. The molecule has 5 nitrogen and oxygen atoms in total. The average Bonchev–Trinajstić information content (AvgIpc) is 2.99. The second-order valence-corrected chi connectivity index (χ2v) is 5.63. The van der Waals surface area contributed by atoms with Gasteiger partial charge in [0.15, 0.2) is 11.5 Å². The summed E-state index contributed by atoms with van der Waals surface area (Å²) in [5, 5.41) is 21.4. The Morgan fingerprint density at radius 3 is 2.70 bits per heavy atom. The lowest BCUT2D eigenvalue weighted by atomic mass is 10.1. The highest BCUT2D eigenvalue weighted by Gasteiger charge is 2.11. The standard InChI is InChI=1S/C18H19NO4/c1-18(2,22)9-8-15-6-7-16(23-15)17(21)19-11-13-4-3-5-14(10-13)12-20/h3-7,10,20,22H,11-12H2,1-2H3,(H,19,21). The molecule has 23 heavy (non-hydrogen) atoms. The minimum Gasteiger partial charge on any atom is -0.443 e. The summed E-state index contributed by atoms with van der Waals surface area (Å²) in [5.74, 6) is 5.42. The zero-order valence-corrected chi connectivity index (χ0v) is 13.1. The molecule has 0 spiro atoms. The molecule has 0 fully saturated rings. The molecule has 2 aromatic rings. The predicted molar refractivity (Wildman–Crippen MR) is 85.4 cm³/mol.